The summed E-state index contributed by atoms with van der Waals surface area (Å²) in [6, 6.07) is 8.24. The van der Waals surface area contributed by atoms with E-state index in [9.17, 15) is 9.59 Å². The average molecular weight is 317 g/mol. The van der Waals surface area contributed by atoms with Crippen LogP contribution in [0.3, 0.4) is 0 Å². The molecule has 2 N–H and O–H groups in total. The summed E-state index contributed by atoms with van der Waals surface area (Å²) in [6.45, 7) is 2.67. The maximum absolute atomic E-state index is 12.3. The maximum atomic E-state index is 12.3. The van der Waals surface area contributed by atoms with Gasteiger partial charge in [-0.25, -0.2) is 0 Å². The molecule has 1 aliphatic rings. The number of carbonyl (C=O) groups is 2. The Balaban J connectivity index is 1.96. The molecule has 0 spiro atoms. The first kappa shape index (κ1) is 17.5. The molecule has 126 valence electrons. The molecule has 0 aliphatic carbocycles. The predicted molar refractivity (Wildman–Crippen MR) is 91.0 cm³/mol. The van der Waals surface area contributed by atoms with Crippen LogP contribution >= 0.6 is 0 Å². The number of carbonyl (C=O) groups excluding carboxylic acids is 2. The highest BCUT2D eigenvalue weighted by Crippen LogP contribution is 2.18. The van der Waals surface area contributed by atoms with Crippen molar-refractivity contribution >= 4 is 11.8 Å². The van der Waals surface area contributed by atoms with Gasteiger partial charge in [0.25, 0.3) is 0 Å². The molecule has 0 radical (unpaired) electrons. The van der Waals surface area contributed by atoms with E-state index in [0.29, 0.717) is 13.0 Å². The van der Waals surface area contributed by atoms with Crippen molar-refractivity contribution in [1.82, 2.24) is 15.5 Å². The number of likely N-dealkylation sites (N-methyl/N-ethyl adjacent to an activating group) is 1. The molecule has 2 amide bonds. The highest BCUT2D eigenvalue weighted by atomic mass is 16.2. The van der Waals surface area contributed by atoms with Gasteiger partial charge in [0.2, 0.25) is 11.8 Å². The van der Waals surface area contributed by atoms with Crippen LogP contribution < -0.4 is 10.6 Å². The second-order valence-corrected chi connectivity index (χ2v) is 6.33. The minimum atomic E-state index is -0.387. The summed E-state index contributed by atoms with van der Waals surface area (Å²) in [5.41, 5.74) is 2.49. The van der Waals surface area contributed by atoms with Gasteiger partial charge in [-0.05, 0) is 44.5 Å². The van der Waals surface area contributed by atoms with Crippen molar-refractivity contribution in [1.29, 1.82) is 0 Å². The quantitative estimate of drug-likeness (QED) is 0.838. The first-order valence-corrected chi connectivity index (χ1v) is 8.33. The van der Waals surface area contributed by atoms with Gasteiger partial charge in [-0.15, -0.1) is 0 Å². The Morgan fingerprint density at radius 2 is 2.04 bits per heavy atom. The Labute approximate surface area is 138 Å². The fourth-order valence-electron chi connectivity index (χ4n) is 2.90. The van der Waals surface area contributed by atoms with Crippen LogP contribution in [-0.2, 0) is 16.0 Å². The van der Waals surface area contributed by atoms with Crippen LogP contribution in [0, 0.1) is 0 Å². The minimum absolute atomic E-state index is 0.0317. The van der Waals surface area contributed by atoms with Crippen molar-refractivity contribution in [3.05, 3.63) is 35.4 Å². The molecule has 1 heterocycles. The Morgan fingerprint density at radius 3 is 2.61 bits per heavy atom. The summed E-state index contributed by atoms with van der Waals surface area (Å²) >= 11 is 0. The largest absolute Gasteiger partial charge is 0.352 e. The van der Waals surface area contributed by atoms with Gasteiger partial charge in [0.05, 0.1) is 6.04 Å². The average Bonchev–Trinajstić information content (AvgIpc) is 2.55. The molecule has 2 atom stereocenters. The van der Waals surface area contributed by atoms with E-state index in [0.717, 1.165) is 19.3 Å². The molecule has 0 saturated carbocycles. The molecule has 23 heavy (non-hydrogen) atoms. The van der Waals surface area contributed by atoms with Gasteiger partial charge in [0, 0.05) is 13.0 Å². The molecule has 1 aromatic rings. The van der Waals surface area contributed by atoms with Gasteiger partial charge < -0.3 is 15.5 Å². The lowest BCUT2D eigenvalue weighted by molar-refractivity contribution is -0.131. The number of aryl methyl sites for hydroxylation is 1. The van der Waals surface area contributed by atoms with Crippen LogP contribution in [0.2, 0.25) is 0 Å². The zero-order chi connectivity index (χ0) is 16.8. The van der Waals surface area contributed by atoms with Crippen LogP contribution in [0.15, 0.2) is 24.3 Å². The van der Waals surface area contributed by atoms with Gasteiger partial charge in [0.1, 0.15) is 6.04 Å². The van der Waals surface area contributed by atoms with Crippen LogP contribution in [0.1, 0.15) is 43.4 Å². The van der Waals surface area contributed by atoms with E-state index in [2.05, 4.69) is 46.7 Å². The van der Waals surface area contributed by atoms with Crippen molar-refractivity contribution in [3.8, 4) is 0 Å². The van der Waals surface area contributed by atoms with Crippen LogP contribution in [-0.4, -0.2) is 43.4 Å². The normalized spacial score (nSPS) is 19.3. The molecular formula is C18H27N3O2. The van der Waals surface area contributed by atoms with Crippen LogP contribution in [0.4, 0.5) is 0 Å². The lowest BCUT2D eigenvalue weighted by atomic mass is 10.0. The monoisotopic (exact) mass is 317 g/mol. The van der Waals surface area contributed by atoms with E-state index in [1.807, 2.05) is 14.1 Å². The zero-order valence-electron chi connectivity index (χ0n) is 14.3. The third-order valence-electron chi connectivity index (χ3n) is 4.41. The number of nitrogens with one attached hydrogen (secondary N) is 2. The fourth-order valence-corrected chi connectivity index (χ4v) is 2.90. The third-order valence-corrected chi connectivity index (χ3v) is 4.41. The van der Waals surface area contributed by atoms with Crippen LogP contribution in [0.25, 0.3) is 0 Å². The van der Waals surface area contributed by atoms with Gasteiger partial charge in [0.15, 0.2) is 0 Å². The van der Waals surface area contributed by atoms with E-state index in [4.69, 9.17) is 0 Å². The Kier molecular flexibility index (Phi) is 6.16. The molecule has 2 rings (SSSR count). The summed E-state index contributed by atoms with van der Waals surface area (Å²) in [4.78, 5) is 25.8. The Hall–Kier alpha value is -1.88. The number of piperidine rings is 1. The smallest absolute Gasteiger partial charge is 0.242 e. The Bertz CT molecular complexity index is 540. The number of rotatable bonds is 6. The van der Waals surface area contributed by atoms with E-state index in [1.165, 1.54) is 11.1 Å². The molecule has 1 aliphatic heterocycles. The second kappa shape index (κ2) is 8.11. The van der Waals surface area contributed by atoms with Gasteiger partial charge in [-0.3, -0.25) is 9.59 Å². The SMILES string of the molecule is CCc1ccc([C@H](CNC(=O)[C@H]2CCCC(=O)N2)N(C)C)cc1. The maximum Gasteiger partial charge on any atom is 0.242 e. The highest BCUT2D eigenvalue weighted by Gasteiger charge is 2.25. The van der Waals surface area contributed by atoms with Crippen molar-refractivity contribution in [3.63, 3.8) is 0 Å². The summed E-state index contributed by atoms with van der Waals surface area (Å²) in [6.07, 6.45) is 3.04. The molecule has 0 unspecified atom stereocenters. The van der Waals surface area contributed by atoms with Crippen molar-refractivity contribution in [2.45, 2.75) is 44.7 Å². The van der Waals surface area contributed by atoms with Crippen molar-refractivity contribution in [2.75, 3.05) is 20.6 Å². The number of hydrogen-bond donors (Lipinski definition) is 2. The summed E-state index contributed by atoms with van der Waals surface area (Å²) in [7, 11) is 4.01. The van der Waals surface area contributed by atoms with E-state index >= 15 is 0 Å². The summed E-state index contributed by atoms with van der Waals surface area (Å²) < 4.78 is 0. The predicted octanol–water partition coefficient (Wildman–Crippen LogP) is 1.64. The lowest BCUT2D eigenvalue weighted by Gasteiger charge is -2.27. The molecule has 1 aromatic carbocycles. The van der Waals surface area contributed by atoms with E-state index in [1.54, 1.807) is 0 Å². The molecule has 5 nitrogen and oxygen atoms in total. The number of amides is 2. The first-order valence-electron chi connectivity index (χ1n) is 8.33. The van der Waals surface area contributed by atoms with Gasteiger partial charge in [-0.2, -0.15) is 0 Å². The first-order chi connectivity index (χ1) is 11.0. The molecule has 0 aromatic heterocycles. The molecular weight excluding hydrogens is 290 g/mol. The third kappa shape index (κ3) is 4.79. The topological polar surface area (TPSA) is 61.4 Å². The van der Waals surface area contributed by atoms with Crippen molar-refractivity contribution < 1.29 is 9.59 Å². The number of benzene rings is 1. The van der Waals surface area contributed by atoms with E-state index in [-0.39, 0.29) is 23.9 Å². The second-order valence-electron chi connectivity index (χ2n) is 6.33. The zero-order valence-corrected chi connectivity index (χ0v) is 14.3. The van der Waals surface area contributed by atoms with Crippen molar-refractivity contribution in [2.24, 2.45) is 0 Å². The minimum Gasteiger partial charge on any atom is -0.352 e. The lowest BCUT2D eigenvalue weighted by Crippen LogP contribution is -2.50. The molecule has 0 bridgehead atoms. The highest BCUT2D eigenvalue weighted by molar-refractivity contribution is 5.88. The summed E-state index contributed by atoms with van der Waals surface area (Å²) in [5.74, 6) is -0.120. The van der Waals surface area contributed by atoms with Crippen LogP contribution in [0.5, 0.6) is 0 Å². The number of nitrogens with zero attached hydrogens (tertiary/aromatic N) is 1. The standard InChI is InChI=1S/C18H27N3O2/c1-4-13-8-10-14(11-9-13)16(21(2)3)12-19-18(23)15-6-5-7-17(22)20-15/h8-11,15-16H,4-7,12H2,1-3H3,(H,19,23)(H,20,22)/t15-,16+/m1/s1. The fraction of sp³-hybridized carbons (Fsp3) is 0.556. The van der Waals surface area contributed by atoms with Gasteiger partial charge in [-0.1, -0.05) is 31.2 Å². The molecule has 1 fully saturated rings. The van der Waals surface area contributed by atoms with Gasteiger partial charge >= 0.3 is 0 Å². The molecule has 5 heteroatoms. The van der Waals surface area contributed by atoms with E-state index < -0.39 is 0 Å². The Morgan fingerprint density at radius 1 is 1.35 bits per heavy atom. The summed E-state index contributed by atoms with van der Waals surface area (Å²) in [5, 5.41) is 5.75. The molecule has 1 saturated heterocycles. The number of hydrogen-bond acceptors (Lipinski definition) is 3.